The summed E-state index contributed by atoms with van der Waals surface area (Å²) in [5.74, 6) is 1.24. The quantitative estimate of drug-likeness (QED) is 0.453. The Hall–Kier alpha value is -2.99. The first-order valence-electron chi connectivity index (χ1n) is 11.3. The van der Waals surface area contributed by atoms with Crippen molar-refractivity contribution in [1.29, 1.82) is 0 Å². The van der Waals surface area contributed by atoms with Crippen LogP contribution in [0.2, 0.25) is 0 Å². The predicted octanol–water partition coefficient (Wildman–Crippen LogP) is 3.74. The molecule has 1 aliphatic heterocycles. The van der Waals surface area contributed by atoms with E-state index < -0.39 is 0 Å². The zero-order valence-corrected chi connectivity index (χ0v) is 19.5. The monoisotopic (exact) mass is 437 g/mol. The van der Waals surface area contributed by atoms with Crippen LogP contribution in [-0.2, 0) is 4.79 Å². The van der Waals surface area contributed by atoms with Gasteiger partial charge < -0.3 is 19.7 Å². The Bertz CT molecular complexity index is 905. The number of carbonyl (C=O) groups is 1. The van der Waals surface area contributed by atoms with Crippen molar-refractivity contribution in [1.82, 2.24) is 10.2 Å². The van der Waals surface area contributed by atoms with Crippen molar-refractivity contribution in [2.45, 2.75) is 19.8 Å². The Morgan fingerprint density at radius 2 is 1.78 bits per heavy atom. The van der Waals surface area contributed by atoms with Gasteiger partial charge >= 0.3 is 0 Å². The summed E-state index contributed by atoms with van der Waals surface area (Å²) < 4.78 is 10.5. The molecule has 6 nitrogen and oxygen atoms in total. The molecule has 0 aliphatic carbocycles. The van der Waals surface area contributed by atoms with Crippen LogP contribution < -0.4 is 19.7 Å². The molecule has 1 heterocycles. The number of benzene rings is 2. The summed E-state index contributed by atoms with van der Waals surface area (Å²) in [6.07, 6.45) is 5.41. The maximum absolute atomic E-state index is 12.1. The van der Waals surface area contributed by atoms with E-state index in [1.54, 1.807) is 26.4 Å². The largest absolute Gasteiger partial charge is 0.493 e. The topological polar surface area (TPSA) is 54.0 Å². The van der Waals surface area contributed by atoms with E-state index in [9.17, 15) is 4.79 Å². The highest BCUT2D eigenvalue weighted by Crippen LogP contribution is 2.27. The third kappa shape index (κ3) is 7.02. The van der Waals surface area contributed by atoms with Crippen LogP contribution >= 0.6 is 0 Å². The number of nitrogens with one attached hydrogen (secondary N) is 1. The molecule has 3 rings (SSSR count). The number of piperazine rings is 1. The summed E-state index contributed by atoms with van der Waals surface area (Å²) in [7, 11) is 3.20. The lowest BCUT2D eigenvalue weighted by molar-refractivity contribution is -0.116. The molecule has 0 saturated carbocycles. The Kier molecular flexibility index (Phi) is 8.99. The zero-order chi connectivity index (χ0) is 22.8. The van der Waals surface area contributed by atoms with Crippen molar-refractivity contribution in [3.8, 4) is 11.5 Å². The number of unbranched alkanes of at least 4 members (excludes halogenated alkanes) is 1. The van der Waals surface area contributed by atoms with Crippen molar-refractivity contribution in [2.75, 3.05) is 58.4 Å². The first kappa shape index (κ1) is 23.7. The zero-order valence-electron chi connectivity index (χ0n) is 19.5. The minimum atomic E-state index is -0.0773. The summed E-state index contributed by atoms with van der Waals surface area (Å²) in [6, 6.07) is 14.3. The van der Waals surface area contributed by atoms with Crippen LogP contribution in [0, 0.1) is 6.92 Å². The van der Waals surface area contributed by atoms with Crippen LogP contribution in [0.25, 0.3) is 6.08 Å². The van der Waals surface area contributed by atoms with Crippen LogP contribution in [0.4, 0.5) is 5.69 Å². The molecule has 1 amide bonds. The van der Waals surface area contributed by atoms with E-state index in [1.807, 2.05) is 18.2 Å². The summed E-state index contributed by atoms with van der Waals surface area (Å²) in [5, 5.41) is 2.97. The molecule has 0 aromatic heterocycles. The van der Waals surface area contributed by atoms with E-state index >= 15 is 0 Å². The van der Waals surface area contributed by atoms with Crippen LogP contribution in [0.3, 0.4) is 0 Å². The van der Waals surface area contributed by atoms with Crippen LogP contribution in [0.15, 0.2) is 48.5 Å². The average Bonchev–Trinajstić information content (AvgIpc) is 2.82. The summed E-state index contributed by atoms with van der Waals surface area (Å²) in [6.45, 7) is 8.24. The van der Waals surface area contributed by atoms with Gasteiger partial charge in [0.25, 0.3) is 0 Å². The van der Waals surface area contributed by atoms with E-state index in [0.29, 0.717) is 18.0 Å². The molecular weight excluding hydrogens is 402 g/mol. The molecule has 32 heavy (non-hydrogen) atoms. The smallest absolute Gasteiger partial charge is 0.243 e. The molecule has 1 saturated heterocycles. The minimum absolute atomic E-state index is 0.0773. The summed E-state index contributed by atoms with van der Waals surface area (Å²) in [4.78, 5) is 17.1. The van der Waals surface area contributed by atoms with Gasteiger partial charge in [-0.3, -0.25) is 9.69 Å². The molecule has 2 aromatic carbocycles. The lowest BCUT2D eigenvalue weighted by Gasteiger charge is -2.36. The molecule has 6 heteroatoms. The van der Waals surface area contributed by atoms with Crippen molar-refractivity contribution in [2.24, 2.45) is 0 Å². The number of ether oxygens (including phenoxy) is 2. The Morgan fingerprint density at radius 1 is 1.00 bits per heavy atom. The predicted molar refractivity (Wildman–Crippen MR) is 131 cm³/mol. The number of nitrogens with zero attached hydrogens (tertiary/aromatic N) is 2. The molecule has 0 radical (unpaired) electrons. The highest BCUT2D eigenvalue weighted by molar-refractivity contribution is 5.91. The van der Waals surface area contributed by atoms with Gasteiger partial charge in [-0.05, 0) is 67.8 Å². The molecule has 1 fully saturated rings. The highest BCUT2D eigenvalue weighted by atomic mass is 16.5. The number of amides is 1. The van der Waals surface area contributed by atoms with E-state index in [-0.39, 0.29) is 5.91 Å². The van der Waals surface area contributed by atoms with E-state index in [2.05, 4.69) is 46.3 Å². The number of anilines is 1. The SMILES string of the molecule is COc1ccc(/C=C/C(=O)NCCCCN2CCN(c3cccc(C)c3)CC2)cc1OC. The molecule has 2 aromatic rings. The third-order valence-corrected chi connectivity index (χ3v) is 5.77. The van der Waals surface area contributed by atoms with Crippen molar-refractivity contribution in [3.63, 3.8) is 0 Å². The Balaban J connectivity index is 1.30. The van der Waals surface area contributed by atoms with Crippen LogP contribution in [0.5, 0.6) is 11.5 Å². The van der Waals surface area contributed by atoms with Crippen LogP contribution in [0.1, 0.15) is 24.0 Å². The fraction of sp³-hybridized carbons (Fsp3) is 0.423. The van der Waals surface area contributed by atoms with Crippen molar-refractivity contribution in [3.05, 3.63) is 59.7 Å². The standard InChI is InChI=1S/C26H35N3O3/c1-21-7-6-8-23(19-21)29-17-15-28(16-18-29)14-5-4-13-27-26(30)12-10-22-9-11-24(31-2)25(20-22)32-3/h6-12,19-20H,4-5,13-18H2,1-3H3,(H,27,30)/b12-10+. The first-order chi connectivity index (χ1) is 15.6. The maximum Gasteiger partial charge on any atom is 0.243 e. The maximum atomic E-state index is 12.1. The minimum Gasteiger partial charge on any atom is -0.493 e. The van der Waals surface area contributed by atoms with Crippen molar-refractivity contribution >= 4 is 17.7 Å². The lowest BCUT2D eigenvalue weighted by Crippen LogP contribution is -2.46. The third-order valence-electron chi connectivity index (χ3n) is 5.77. The van der Waals surface area contributed by atoms with E-state index in [1.165, 1.54) is 11.3 Å². The van der Waals surface area contributed by atoms with E-state index in [4.69, 9.17) is 9.47 Å². The summed E-state index contributed by atoms with van der Waals surface area (Å²) >= 11 is 0. The summed E-state index contributed by atoms with van der Waals surface area (Å²) in [5.41, 5.74) is 3.53. The number of aryl methyl sites for hydroxylation is 1. The molecular formula is C26H35N3O3. The number of carbonyl (C=O) groups excluding carboxylic acids is 1. The van der Waals surface area contributed by atoms with Gasteiger partial charge in [-0.2, -0.15) is 0 Å². The fourth-order valence-corrected chi connectivity index (χ4v) is 3.91. The second-order valence-corrected chi connectivity index (χ2v) is 8.11. The number of hydrogen-bond donors (Lipinski definition) is 1. The highest BCUT2D eigenvalue weighted by Gasteiger charge is 2.16. The molecule has 1 aliphatic rings. The van der Waals surface area contributed by atoms with Gasteiger partial charge in [0.2, 0.25) is 5.91 Å². The van der Waals surface area contributed by atoms with Crippen molar-refractivity contribution < 1.29 is 14.3 Å². The van der Waals surface area contributed by atoms with Gasteiger partial charge in [0.05, 0.1) is 14.2 Å². The second-order valence-electron chi connectivity index (χ2n) is 8.11. The number of rotatable bonds is 10. The molecule has 0 atom stereocenters. The first-order valence-corrected chi connectivity index (χ1v) is 11.3. The molecule has 0 unspecified atom stereocenters. The molecule has 172 valence electrons. The van der Waals surface area contributed by atoms with Gasteiger partial charge in [0.15, 0.2) is 11.5 Å². The van der Waals surface area contributed by atoms with Gasteiger partial charge in [-0.1, -0.05) is 18.2 Å². The molecule has 0 bridgehead atoms. The van der Waals surface area contributed by atoms with Crippen LogP contribution in [-0.4, -0.2) is 64.3 Å². The Morgan fingerprint density at radius 3 is 2.50 bits per heavy atom. The molecule has 0 spiro atoms. The van der Waals surface area contributed by atoms with Gasteiger partial charge in [0.1, 0.15) is 0 Å². The van der Waals surface area contributed by atoms with Gasteiger partial charge in [0, 0.05) is 44.5 Å². The lowest BCUT2D eigenvalue weighted by atomic mass is 10.2. The van der Waals surface area contributed by atoms with Gasteiger partial charge in [-0.25, -0.2) is 0 Å². The van der Waals surface area contributed by atoms with E-state index in [0.717, 1.165) is 51.1 Å². The molecule has 1 N–H and O–H groups in total. The fourth-order valence-electron chi connectivity index (χ4n) is 3.91. The normalized spacial score (nSPS) is 14.5. The average molecular weight is 438 g/mol. The number of methoxy groups -OCH3 is 2. The number of hydrogen-bond acceptors (Lipinski definition) is 5. The second kappa shape index (κ2) is 12.2. The Labute approximate surface area is 191 Å². The van der Waals surface area contributed by atoms with Gasteiger partial charge in [-0.15, -0.1) is 0 Å².